The van der Waals surface area contributed by atoms with Gasteiger partial charge in [-0.05, 0) is 13.0 Å². The highest BCUT2D eigenvalue weighted by molar-refractivity contribution is 5.92. The van der Waals surface area contributed by atoms with Crippen LogP contribution in [-0.4, -0.2) is 28.4 Å². The van der Waals surface area contributed by atoms with E-state index in [-0.39, 0.29) is 5.69 Å². The molecule has 0 fully saturated rings. The molecule has 0 saturated carbocycles. The van der Waals surface area contributed by atoms with Gasteiger partial charge in [0.05, 0.1) is 5.69 Å². The van der Waals surface area contributed by atoms with Crippen LogP contribution in [-0.2, 0) is 7.05 Å². The first-order valence-corrected chi connectivity index (χ1v) is 4.15. The second-order valence-corrected chi connectivity index (χ2v) is 3.09. The Balaban J connectivity index is 2.66. The number of amides is 1. The van der Waals surface area contributed by atoms with E-state index in [0.717, 1.165) is 0 Å². The first-order valence-electron chi connectivity index (χ1n) is 4.15. The summed E-state index contributed by atoms with van der Waals surface area (Å²) >= 11 is 0. The molecule has 0 unspecified atom stereocenters. The fraction of sp³-hybridized carbons (Fsp3) is 0.500. The lowest BCUT2D eigenvalue weighted by Gasteiger charge is -2.07. The minimum absolute atomic E-state index is 0.108. The molecule has 0 aliphatic carbocycles. The van der Waals surface area contributed by atoms with Crippen LogP contribution in [0.5, 0.6) is 0 Å². The maximum Gasteiger partial charge on any atom is 0.405 e. The zero-order chi connectivity index (χ0) is 11.6. The van der Waals surface area contributed by atoms with Gasteiger partial charge in [-0.25, -0.2) is 0 Å². The van der Waals surface area contributed by atoms with Crippen molar-refractivity contribution in [2.45, 2.75) is 13.1 Å². The predicted octanol–water partition coefficient (Wildman–Crippen LogP) is 1.02. The van der Waals surface area contributed by atoms with Crippen molar-refractivity contribution in [3.05, 3.63) is 17.5 Å². The Labute approximate surface area is 84.1 Å². The molecule has 84 valence electrons. The molecule has 1 rings (SSSR count). The van der Waals surface area contributed by atoms with Crippen LogP contribution in [0, 0.1) is 6.92 Å². The van der Waals surface area contributed by atoms with E-state index in [0.29, 0.717) is 5.69 Å². The van der Waals surface area contributed by atoms with Crippen molar-refractivity contribution in [1.29, 1.82) is 0 Å². The lowest BCUT2D eigenvalue weighted by molar-refractivity contribution is -0.123. The summed E-state index contributed by atoms with van der Waals surface area (Å²) in [5.41, 5.74) is 0.686. The summed E-state index contributed by atoms with van der Waals surface area (Å²) in [5, 5.41) is 5.62. The molecule has 0 saturated heterocycles. The molecule has 0 aromatic carbocycles. The first kappa shape index (κ1) is 11.5. The zero-order valence-corrected chi connectivity index (χ0v) is 8.22. The van der Waals surface area contributed by atoms with Crippen LogP contribution >= 0.6 is 0 Å². The molecular weight excluding hydrogens is 211 g/mol. The van der Waals surface area contributed by atoms with Gasteiger partial charge in [0, 0.05) is 7.05 Å². The second kappa shape index (κ2) is 3.92. The Bertz CT molecular complexity index is 370. The fourth-order valence-electron chi connectivity index (χ4n) is 1.09. The van der Waals surface area contributed by atoms with Gasteiger partial charge in [-0.15, -0.1) is 0 Å². The van der Waals surface area contributed by atoms with Crippen LogP contribution < -0.4 is 5.32 Å². The zero-order valence-electron chi connectivity index (χ0n) is 8.22. The molecule has 0 spiro atoms. The lowest BCUT2D eigenvalue weighted by Crippen LogP contribution is -2.34. The third-order valence-electron chi connectivity index (χ3n) is 1.68. The summed E-state index contributed by atoms with van der Waals surface area (Å²) in [4.78, 5) is 11.3. The SMILES string of the molecule is Cc1cc(C(=O)NCC(F)(F)F)n(C)n1. The fourth-order valence-corrected chi connectivity index (χ4v) is 1.09. The van der Waals surface area contributed by atoms with Crippen molar-refractivity contribution < 1.29 is 18.0 Å². The average molecular weight is 221 g/mol. The quantitative estimate of drug-likeness (QED) is 0.810. The van der Waals surface area contributed by atoms with Gasteiger partial charge in [-0.2, -0.15) is 18.3 Å². The Hall–Kier alpha value is -1.53. The van der Waals surface area contributed by atoms with Crippen LogP contribution in [0.3, 0.4) is 0 Å². The smallest absolute Gasteiger partial charge is 0.342 e. The van der Waals surface area contributed by atoms with Gasteiger partial charge in [0.1, 0.15) is 12.2 Å². The number of carbonyl (C=O) groups excluding carboxylic acids is 1. The van der Waals surface area contributed by atoms with E-state index in [1.165, 1.54) is 17.8 Å². The maximum absolute atomic E-state index is 11.8. The van der Waals surface area contributed by atoms with Crippen LogP contribution in [0.1, 0.15) is 16.2 Å². The molecule has 1 aromatic rings. The van der Waals surface area contributed by atoms with Crippen LogP contribution in [0.4, 0.5) is 13.2 Å². The van der Waals surface area contributed by atoms with E-state index >= 15 is 0 Å². The molecule has 0 bridgehead atoms. The summed E-state index contributed by atoms with van der Waals surface area (Å²) < 4.78 is 36.6. The molecule has 0 aliphatic rings. The van der Waals surface area contributed by atoms with Crippen molar-refractivity contribution in [1.82, 2.24) is 15.1 Å². The molecule has 7 heteroatoms. The summed E-state index contributed by atoms with van der Waals surface area (Å²) in [6.07, 6.45) is -4.40. The summed E-state index contributed by atoms with van der Waals surface area (Å²) in [5.74, 6) is -0.782. The van der Waals surface area contributed by atoms with Gasteiger partial charge in [0.2, 0.25) is 0 Å². The third kappa shape index (κ3) is 3.26. The number of nitrogens with one attached hydrogen (secondary N) is 1. The molecule has 1 N–H and O–H groups in total. The Morgan fingerprint density at radius 2 is 2.20 bits per heavy atom. The Kier molecular flexibility index (Phi) is 3.01. The highest BCUT2D eigenvalue weighted by Gasteiger charge is 2.28. The lowest BCUT2D eigenvalue weighted by atomic mass is 10.3. The van der Waals surface area contributed by atoms with Crippen LogP contribution in [0.15, 0.2) is 6.07 Å². The number of nitrogens with zero attached hydrogens (tertiary/aromatic N) is 2. The number of alkyl halides is 3. The van der Waals surface area contributed by atoms with Gasteiger partial charge >= 0.3 is 6.18 Å². The van der Waals surface area contributed by atoms with E-state index < -0.39 is 18.6 Å². The van der Waals surface area contributed by atoms with Crippen LogP contribution in [0.25, 0.3) is 0 Å². The van der Waals surface area contributed by atoms with Crippen molar-refractivity contribution in [3.63, 3.8) is 0 Å². The molecule has 15 heavy (non-hydrogen) atoms. The largest absolute Gasteiger partial charge is 0.405 e. The van der Waals surface area contributed by atoms with Crippen molar-refractivity contribution in [2.24, 2.45) is 7.05 Å². The van der Waals surface area contributed by atoms with Crippen molar-refractivity contribution in [3.8, 4) is 0 Å². The number of hydrogen-bond donors (Lipinski definition) is 1. The van der Waals surface area contributed by atoms with Crippen molar-refractivity contribution in [2.75, 3.05) is 6.54 Å². The van der Waals surface area contributed by atoms with Gasteiger partial charge < -0.3 is 5.32 Å². The average Bonchev–Trinajstić information content (AvgIpc) is 2.40. The number of rotatable bonds is 2. The molecular formula is C8H10F3N3O. The third-order valence-corrected chi connectivity index (χ3v) is 1.68. The summed E-state index contributed by atoms with van der Waals surface area (Å²) in [7, 11) is 1.50. The maximum atomic E-state index is 11.8. The summed E-state index contributed by atoms with van der Waals surface area (Å²) in [6, 6.07) is 1.42. The Morgan fingerprint density at radius 3 is 2.60 bits per heavy atom. The number of carbonyl (C=O) groups is 1. The van der Waals surface area contributed by atoms with E-state index in [1.807, 2.05) is 0 Å². The number of aryl methyl sites for hydroxylation is 2. The topological polar surface area (TPSA) is 46.9 Å². The minimum Gasteiger partial charge on any atom is -0.342 e. The number of hydrogen-bond acceptors (Lipinski definition) is 2. The molecule has 1 amide bonds. The molecule has 1 aromatic heterocycles. The standard InChI is InChI=1S/C8H10F3N3O/c1-5-3-6(14(2)13-5)7(15)12-4-8(9,10)11/h3H,4H2,1-2H3,(H,12,15). The Morgan fingerprint density at radius 1 is 1.60 bits per heavy atom. The van der Waals surface area contributed by atoms with Crippen molar-refractivity contribution >= 4 is 5.91 Å². The van der Waals surface area contributed by atoms with E-state index in [2.05, 4.69) is 5.10 Å². The highest BCUT2D eigenvalue weighted by atomic mass is 19.4. The molecule has 0 radical (unpaired) electrons. The first-order chi connectivity index (χ1) is 6.79. The monoisotopic (exact) mass is 221 g/mol. The van der Waals surface area contributed by atoms with E-state index in [1.54, 1.807) is 12.2 Å². The van der Waals surface area contributed by atoms with Gasteiger partial charge in [-0.1, -0.05) is 0 Å². The van der Waals surface area contributed by atoms with Gasteiger partial charge in [-0.3, -0.25) is 9.48 Å². The normalized spacial score (nSPS) is 11.5. The molecule has 4 nitrogen and oxygen atoms in total. The van der Waals surface area contributed by atoms with E-state index in [4.69, 9.17) is 0 Å². The number of halogens is 3. The molecule has 1 heterocycles. The molecule has 0 atom stereocenters. The predicted molar refractivity (Wildman–Crippen MR) is 46.3 cm³/mol. The number of aromatic nitrogens is 2. The van der Waals surface area contributed by atoms with Gasteiger partial charge in [0.25, 0.3) is 5.91 Å². The highest BCUT2D eigenvalue weighted by Crippen LogP contribution is 2.12. The molecule has 0 aliphatic heterocycles. The van der Waals surface area contributed by atoms with Crippen LogP contribution in [0.2, 0.25) is 0 Å². The summed E-state index contributed by atoms with van der Waals surface area (Å²) in [6.45, 7) is 0.316. The van der Waals surface area contributed by atoms with E-state index in [9.17, 15) is 18.0 Å². The van der Waals surface area contributed by atoms with Gasteiger partial charge in [0.15, 0.2) is 0 Å². The second-order valence-electron chi connectivity index (χ2n) is 3.09. The minimum atomic E-state index is -4.40.